The SMILES string of the molecule is CC(C)(C)NC(=O)CNc1ncc(F)cc1C(=O)O. The van der Waals surface area contributed by atoms with E-state index in [-0.39, 0.29) is 29.4 Å². The highest BCUT2D eigenvalue weighted by molar-refractivity contribution is 5.93. The van der Waals surface area contributed by atoms with Crippen LogP contribution in [0.1, 0.15) is 31.1 Å². The monoisotopic (exact) mass is 269 g/mol. The molecule has 1 aromatic heterocycles. The largest absolute Gasteiger partial charge is 0.478 e. The first-order valence-electron chi connectivity index (χ1n) is 5.63. The van der Waals surface area contributed by atoms with Gasteiger partial charge in [0.15, 0.2) is 0 Å². The summed E-state index contributed by atoms with van der Waals surface area (Å²) in [6, 6.07) is 0.847. The van der Waals surface area contributed by atoms with Gasteiger partial charge in [0.25, 0.3) is 0 Å². The predicted octanol–water partition coefficient (Wildman–Crippen LogP) is 1.25. The molecule has 7 heteroatoms. The summed E-state index contributed by atoms with van der Waals surface area (Å²) in [5.74, 6) is -2.42. The van der Waals surface area contributed by atoms with Gasteiger partial charge < -0.3 is 15.7 Å². The van der Waals surface area contributed by atoms with Crippen molar-refractivity contribution in [2.24, 2.45) is 0 Å². The Morgan fingerprint density at radius 2 is 2.05 bits per heavy atom. The van der Waals surface area contributed by atoms with E-state index in [9.17, 15) is 14.0 Å². The number of rotatable bonds is 4. The number of anilines is 1. The summed E-state index contributed by atoms with van der Waals surface area (Å²) in [7, 11) is 0. The second-order valence-electron chi connectivity index (χ2n) is 5.01. The van der Waals surface area contributed by atoms with Gasteiger partial charge in [0.2, 0.25) is 5.91 Å². The summed E-state index contributed by atoms with van der Waals surface area (Å²) in [5, 5.41) is 14.2. The summed E-state index contributed by atoms with van der Waals surface area (Å²) in [5.41, 5.74) is -0.700. The van der Waals surface area contributed by atoms with Gasteiger partial charge in [0.1, 0.15) is 17.2 Å². The van der Waals surface area contributed by atoms with Crippen LogP contribution in [0.3, 0.4) is 0 Å². The first-order chi connectivity index (χ1) is 8.69. The van der Waals surface area contributed by atoms with Gasteiger partial charge in [-0.15, -0.1) is 0 Å². The van der Waals surface area contributed by atoms with Gasteiger partial charge in [-0.2, -0.15) is 0 Å². The highest BCUT2D eigenvalue weighted by atomic mass is 19.1. The molecule has 1 amide bonds. The average Bonchev–Trinajstić information content (AvgIpc) is 2.24. The Morgan fingerprint density at radius 1 is 1.42 bits per heavy atom. The van der Waals surface area contributed by atoms with Crippen LogP contribution in [0, 0.1) is 5.82 Å². The lowest BCUT2D eigenvalue weighted by molar-refractivity contribution is -0.120. The third kappa shape index (κ3) is 4.90. The van der Waals surface area contributed by atoms with Gasteiger partial charge in [-0.3, -0.25) is 4.79 Å². The van der Waals surface area contributed by atoms with Crippen LogP contribution < -0.4 is 10.6 Å². The molecule has 0 aliphatic carbocycles. The van der Waals surface area contributed by atoms with Crippen molar-refractivity contribution in [1.82, 2.24) is 10.3 Å². The van der Waals surface area contributed by atoms with Crippen LogP contribution in [-0.4, -0.2) is 34.1 Å². The summed E-state index contributed by atoms with van der Waals surface area (Å²) in [6.45, 7) is 5.33. The second kappa shape index (κ2) is 5.64. The molecule has 6 nitrogen and oxygen atoms in total. The second-order valence-corrected chi connectivity index (χ2v) is 5.01. The third-order valence-corrected chi connectivity index (χ3v) is 2.02. The number of carbonyl (C=O) groups is 2. The van der Waals surface area contributed by atoms with Crippen molar-refractivity contribution < 1.29 is 19.1 Å². The molecular weight excluding hydrogens is 253 g/mol. The Bertz CT molecular complexity index is 497. The number of hydrogen-bond acceptors (Lipinski definition) is 4. The molecule has 19 heavy (non-hydrogen) atoms. The molecule has 0 unspecified atom stereocenters. The normalized spacial score (nSPS) is 10.9. The predicted molar refractivity (Wildman–Crippen MR) is 67.5 cm³/mol. The minimum absolute atomic E-state index is 0.0436. The number of hydrogen-bond donors (Lipinski definition) is 3. The smallest absolute Gasteiger partial charge is 0.339 e. The fraction of sp³-hybridized carbons (Fsp3) is 0.417. The van der Waals surface area contributed by atoms with Crippen LogP contribution in [0.2, 0.25) is 0 Å². The van der Waals surface area contributed by atoms with Crippen molar-refractivity contribution in [3.8, 4) is 0 Å². The number of carboxylic acids is 1. The van der Waals surface area contributed by atoms with Crippen molar-refractivity contribution in [3.05, 3.63) is 23.6 Å². The Hall–Kier alpha value is -2.18. The molecule has 0 spiro atoms. The minimum Gasteiger partial charge on any atom is -0.478 e. The number of carbonyl (C=O) groups excluding carboxylic acids is 1. The maximum Gasteiger partial charge on any atom is 0.339 e. The Morgan fingerprint density at radius 3 is 2.58 bits per heavy atom. The molecular formula is C12H16FN3O3. The average molecular weight is 269 g/mol. The van der Waals surface area contributed by atoms with Crippen molar-refractivity contribution in [2.75, 3.05) is 11.9 Å². The molecule has 1 heterocycles. The summed E-state index contributed by atoms with van der Waals surface area (Å²) in [4.78, 5) is 26.1. The van der Waals surface area contributed by atoms with Crippen molar-refractivity contribution in [3.63, 3.8) is 0 Å². The standard InChI is InChI=1S/C12H16FN3O3/c1-12(2,3)16-9(17)6-15-10-8(11(18)19)4-7(13)5-14-10/h4-5H,6H2,1-3H3,(H,14,15)(H,16,17)(H,18,19). The molecule has 0 saturated carbocycles. The molecule has 0 fully saturated rings. The topological polar surface area (TPSA) is 91.3 Å². The van der Waals surface area contributed by atoms with E-state index in [4.69, 9.17) is 5.11 Å². The minimum atomic E-state index is -1.31. The molecule has 1 aromatic rings. The highest BCUT2D eigenvalue weighted by Crippen LogP contribution is 2.13. The molecule has 0 aromatic carbocycles. The molecule has 104 valence electrons. The number of aromatic nitrogens is 1. The van der Waals surface area contributed by atoms with E-state index in [1.807, 2.05) is 20.8 Å². The van der Waals surface area contributed by atoms with Crippen LogP contribution in [0.4, 0.5) is 10.2 Å². The van der Waals surface area contributed by atoms with E-state index in [1.54, 1.807) is 0 Å². The zero-order chi connectivity index (χ0) is 14.6. The van der Waals surface area contributed by atoms with Crippen molar-refractivity contribution >= 4 is 17.7 Å². The lowest BCUT2D eigenvalue weighted by Crippen LogP contribution is -2.43. The first kappa shape index (κ1) is 14.9. The first-order valence-corrected chi connectivity index (χ1v) is 5.63. The summed E-state index contributed by atoms with van der Waals surface area (Å²) < 4.78 is 12.9. The van der Waals surface area contributed by atoms with E-state index in [0.717, 1.165) is 12.3 Å². The Balaban J connectivity index is 2.73. The molecule has 0 aliphatic rings. The van der Waals surface area contributed by atoms with Crippen LogP contribution in [0.25, 0.3) is 0 Å². The highest BCUT2D eigenvalue weighted by Gasteiger charge is 2.16. The van der Waals surface area contributed by atoms with Crippen molar-refractivity contribution in [1.29, 1.82) is 0 Å². The lowest BCUT2D eigenvalue weighted by atomic mass is 10.1. The van der Waals surface area contributed by atoms with Gasteiger partial charge in [-0.05, 0) is 26.8 Å². The quantitative estimate of drug-likeness (QED) is 0.765. The van der Waals surface area contributed by atoms with Gasteiger partial charge >= 0.3 is 5.97 Å². The van der Waals surface area contributed by atoms with Gasteiger partial charge in [-0.25, -0.2) is 14.2 Å². The number of nitrogens with one attached hydrogen (secondary N) is 2. The fourth-order valence-corrected chi connectivity index (χ4v) is 1.37. The van der Waals surface area contributed by atoms with Crippen molar-refractivity contribution in [2.45, 2.75) is 26.3 Å². The number of aromatic carboxylic acids is 1. The maximum absolute atomic E-state index is 12.9. The van der Waals surface area contributed by atoms with E-state index in [2.05, 4.69) is 15.6 Å². The molecule has 0 aliphatic heterocycles. The Kier molecular flexibility index (Phi) is 4.42. The van der Waals surface area contributed by atoms with Crippen LogP contribution in [0.15, 0.2) is 12.3 Å². The Labute approximate surface area is 110 Å². The van der Waals surface area contributed by atoms with Gasteiger partial charge in [0.05, 0.1) is 12.7 Å². The van der Waals surface area contributed by atoms with Gasteiger partial charge in [-0.1, -0.05) is 0 Å². The van der Waals surface area contributed by atoms with E-state index in [0.29, 0.717) is 0 Å². The molecule has 0 atom stereocenters. The maximum atomic E-state index is 12.9. The molecule has 1 rings (SSSR count). The van der Waals surface area contributed by atoms with Crippen LogP contribution in [-0.2, 0) is 4.79 Å². The molecule has 3 N–H and O–H groups in total. The molecule has 0 radical (unpaired) electrons. The van der Waals surface area contributed by atoms with Crippen LogP contribution >= 0.6 is 0 Å². The summed E-state index contributed by atoms with van der Waals surface area (Å²) in [6.07, 6.45) is 0.885. The van der Waals surface area contributed by atoms with E-state index >= 15 is 0 Å². The summed E-state index contributed by atoms with van der Waals surface area (Å²) >= 11 is 0. The number of halogens is 1. The lowest BCUT2D eigenvalue weighted by Gasteiger charge is -2.20. The molecule has 0 bridgehead atoms. The number of nitrogens with zero attached hydrogens (tertiary/aromatic N) is 1. The number of carboxylic acid groups (broad SMARTS) is 1. The fourth-order valence-electron chi connectivity index (χ4n) is 1.37. The zero-order valence-electron chi connectivity index (χ0n) is 11.0. The number of pyridine rings is 1. The number of amides is 1. The third-order valence-electron chi connectivity index (χ3n) is 2.02. The zero-order valence-corrected chi connectivity index (χ0v) is 11.0. The van der Waals surface area contributed by atoms with Gasteiger partial charge in [0, 0.05) is 5.54 Å². The van der Waals surface area contributed by atoms with E-state index in [1.165, 1.54) is 0 Å². The molecule has 0 saturated heterocycles. The van der Waals surface area contributed by atoms with Crippen LogP contribution in [0.5, 0.6) is 0 Å². The van der Waals surface area contributed by atoms with E-state index < -0.39 is 11.8 Å².